The van der Waals surface area contributed by atoms with E-state index in [9.17, 15) is 14.7 Å². The first kappa shape index (κ1) is 17.2. The van der Waals surface area contributed by atoms with E-state index in [1.807, 2.05) is 24.3 Å². The smallest absolute Gasteiger partial charge is 0.436 e. The van der Waals surface area contributed by atoms with E-state index in [0.717, 1.165) is 10.2 Å². The zero-order chi connectivity index (χ0) is 17.2. The molecule has 0 saturated carbocycles. The van der Waals surface area contributed by atoms with Gasteiger partial charge in [0.05, 0.1) is 10.2 Å². The van der Waals surface area contributed by atoms with Crippen LogP contribution in [0.5, 0.6) is 0 Å². The summed E-state index contributed by atoms with van der Waals surface area (Å²) in [6.45, 7) is 7.05. The Hall–Kier alpha value is -2.15. The number of hydrogen-bond acceptors (Lipinski definition) is 4. The Kier molecular flexibility index (Phi) is 4.89. The number of ether oxygens (including phenoxy) is 1. The molecule has 0 aliphatic carbocycles. The van der Waals surface area contributed by atoms with E-state index < -0.39 is 23.7 Å². The van der Waals surface area contributed by atoms with Gasteiger partial charge in [-0.15, -0.1) is 4.99 Å². The Morgan fingerprint density at radius 3 is 2.57 bits per heavy atom. The van der Waals surface area contributed by atoms with Gasteiger partial charge in [-0.25, -0.2) is 9.59 Å². The molecular weight excluding hydrogens is 316 g/mol. The van der Waals surface area contributed by atoms with Gasteiger partial charge in [0.25, 0.3) is 0 Å². The van der Waals surface area contributed by atoms with Crippen molar-refractivity contribution in [1.82, 2.24) is 4.57 Å². The first-order chi connectivity index (χ1) is 10.7. The Morgan fingerprint density at radius 1 is 1.35 bits per heavy atom. The van der Waals surface area contributed by atoms with Crippen molar-refractivity contribution in [2.24, 2.45) is 4.99 Å². The van der Waals surface area contributed by atoms with E-state index in [2.05, 4.69) is 4.99 Å². The summed E-state index contributed by atoms with van der Waals surface area (Å²) >= 11 is 1.27. The van der Waals surface area contributed by atoms with Gasteiger partial charge in [0.2, 0.25) is 0 Å². The third-order valence-electron chi connectivity index (χ3n) is 3.10. The molecule has 0 radical (unpaired) electrons. The number of benzene rings is 1. The van der Waals surface area contributed by atoms with Crippen LogP contribution in [0.4, 0.5) is 4.79 Å². The van der Waals surface area contributed by atoms with Crippen LogP contribution in [0.1, 0.15) is 40.2 Å². The number of hydrogen-bond donors (Lipinski definition) is 1. The fourth-order valence-electron chi connectivity index (χ4n) is 2.20. The predicted molar refractivity (Wildman–Crippen MR) is 88.6 cm³/mol. The van der Waals surface area contributed by atoms with E-state index in [-0.39, 0.29) is 0 Å². The quantitative estimate of drug-likeness (QED) is 0.929. The number of carboxylic acid groups (broad SMARTS) is 1. The first-order valence-corrected chi connectivity index (χ1v) is 8.15. The fourth-order valence-corrected chi connectivity index (χ4v) is 3.26. The molecule has 124 valence electrons. The number of aliphatic carboxylic acids is 1. The molecule has 0 bridgehead atoms. The van der Waals surface area contributed by atoms with Crippen LogP contribution in [0, 0.1) is 0 Å². The lowest BCUT2D eigenvalue weighted by molar-refractivity contribution is -0.140. The molecule has 1 aromatic carbocycles. The average molecular weight is 336 g/mol. The molecule has 6 nitrogen and oxygen atoms in total. The Bertz CT molecular complexity index is 798. The van der Waals surface area contributed by atoms with E-state index in [4.69, 9.17) is 4.74 Å². The van der Waals surface area contributed by atoms with Crippen molar-refractivity contribution in [3.8, 4) is 0 Å². The van der Waals surface area contributed by atoms with Gasteiger partial charge in [0.1, 0.15) is 11.6 Å². The summed E-state index contributed by atoms with van der Waals surface area (Å²) in [6.07, 6.45) is -0.338. The van der Waals surface area contributed by atoms with Crippen molar-refractivity contribution in [2.45, 2.75) is 45.8 Å². The van der Waals surface area contributed by atoms with E-state index >= 15 is 0 Å². The van der Waals surface area contributed by atoms with Crippen LogP contribution in [0.25, 0.3) is 10.2 Å². The second kappa shape index (κ2) is 6.54. The third kappa shape index (κ3) is 3.98. The maximum absolute atomic E-state index is 12.0. The second-order valence-corrected chi connectivity index (χ2v) is 7.09. The zero-order valence-electron chi connectivity index (χ0n) is 13.6. The summed E-state index contributed by atoms with van der Waals surface area (Å²) < 4.78 is 7.67. The van der Waals surface area contributed by atoms with E-state index in [1.165, 1.54) is 11.3 Å². The number of fused-ring (bicyclic) bond motifs is 1. The van der Waals surface area contributed by atoms with Crippen molar-refractivity contribution in [3.05, 3.63) is 29.1 Å². The van der Waals surface area contributed by atoms with Crippen LogP contribution in [-0.4, -0.2) is 27.3 Å². The van der Waals surface area contributed by atoms with Crippen molar-refractivity contribution in [1.29, 1.82) is 0 Å². The number of aromatic nitrogens is 1. The van der Waals surface area contributed by atoms with Gasteiger partial charge < -0.3 is 14.4 Å². The molecule has 0 aliphatic heterocycles. The highest BCUT2D eigenvalue weighted by molar-refractivity contribution is 7.16. The molecule has 7 heteroatoms. The molecule has 1 aromatic heterocycles. The number of nitrogens with zero attached hydrogens (tertiary/aromatic N) is 2. The van der Waals surface area contributed by atoms with Crippen LogP contribution in [0.15, 0.2) is 29.3 Å². The summed E-state index contributed by atoms with van der Waals surface area (Å²) in [6, 6.07) is 6.61. The van der Waals surface area contributed by atoms with Gasteiger partial charge >= 0.3 is 12.1 Å². The fraction of sp³-hybridized carbons (Fsp3) is 0.438. The van der Waals surface area contributed by atoms with Gasteiger partial charge in [-0.1, -0.05) is 30.4 Å². The van der Waals surface area contributed by atoms with Crippen molar-refractivity contribution in [3.63, 3.8) is 0 Å². The zero-order valence-corrected chi connectivity index (χ0v) is 14.4. The molecule has 1 atom stereocenters. The van der Waals surface area contributed by atoms with Gasteiger partial charge in [0, 0.05) is 0 Å². The largest absolute Gasteiger partial charge is 0.480 e. The lowest BCUT2D eigenvalue weighted by Gasteiger charge is -2.17. The number of carboxylic acids is 1. The van der Waals surface area contributed by atoms with Gasteiger partial charge in [-0.05, 0) is 39.3 Å². The lowest BCUT2D eigenvalue weighted by atomic mass is 10.2. The topological polar surface area (TPSA) is 80.9 Å². The van der Waals surface area contributed by atoms with Gasteiger partial charge in [-0.2, -0.15) is 0 Å². The van der Waals surface area contributed by atoms with Crippen LogP contribution in [0.2, 0.25) is 0 Å². The maximum Gasteiger partial charge on any atom is 0.436 e. The molecule has 23 heavy (non-hydrogen) atoms. The summed E-state index contributed by atoms with van der Waals surface area (Å²) in [7, 11) is 0. The number of para-hydroxylation sites is 1. The number of rotatable bonds is 3. The molecule has 1 amide bonds. The van der Waals surface area contributed by atoms with E-state index in [0.29, 0.717) is 11.2 Å². The number of carbonyl (C=O) groups excluding carboxylic acids is 1. The monoisotopic (exact) mass is 336 g/mol. The molecule has 0 saturated heterocycles. The van der Waals surface area contributed by atoms with Crippen LogP contribution in [-0.2, 0) is 9.53 Å². The summed E-state index contributed by atoms with van der Waals surface area (Å²) in [5.41, 5.74) is 0.0908. The Morgan fingerprint density at radius 2 is 2.00 bits per heavy atom. The number of carbonyl (C=O) groups is 2. The van der Waals surface area contributed by atoms with Crippen molar-refractivity contribution in [2.75, 3.05) is 0 Å². The summed E-state index contributed by atoms with van der Waals surface area (Å²) in [5, 5.41) is 9.48. The molecule has 1 N–H and O–H groups in total. The molecule has 1 heterocycles. The highest BCUT2D eigenvalue weighted by Crippen LogP contribution is 2.22. The van der Waals surface area contributed by atoms with E-state index in [1.54, 1.807) is 32.3 Å². The van der Waals surface area contributed by atoms with Crippen LogP contribution in [0.3, 0.4) is 0 Å². The first-order valence-electron chi connectivity index (χ1n) is 7.33. The average Bonchev–Trinajstić information content (AvgIpc) is 2.75. The third-order valence-corrected chi connectivity index (χ3v) is 4.13. The highest BCUT2D eigenvalue weighted by Gasteiger charge is 2.22. The molecule has 2 aromatic rings. The normalized spacial score (nSPS) is 14.0. The molecule has 0 spiro atoms. The standard InChI is InChI=1S/C16H20N2O4S/c1-5-10(13(19)20)18-11-8-6-7-9-12(11)23-14(18)17-15(21)22-16(2,3)4/h6-10H,5H2,1-4H3,(H,19,20)/b17-14-. The van der Waals surface area contributed by atoms with Crippen molar-refractivity contribution < 1.29 is 19.4 Å². The number of thiazole rings is 1. The van der Waals surface area contributed by atoms with Crippen molar-refractivity contribution >= 4 is 33.6 Å². The Labute approximate surface area is 138 Å². The second-order valence-electron chi connectivity index (χ2n) is 6.08. The highest BCUT2D eigenvalue weighted by atomic mass is 32.1. The molecule has 0 fully saturated rings. The SMILES string of the molecule is CCC(C(=O)O)n1/c(=N/C(=O)OC(C)(C)C)sc2ccccc21. The molecule has 1 unspecified atom stereocenters. The minimum Gasteiger partial charge on any atom is -0.480 e. The van der Waals surface area contributed by atoms with Gasteiger partial charge in [0.15, 0.2) is 4.80 Å². The number of amides is 1. The summed E-state index contributed by atoms with van der Waals surface area (Å²) in [5.74, 6) is -0.957. The Balaban J connectivity index is 2.63. The summed E-state index contributed by atoms with van der Waals surface area (Å²) in [4.78, 5) is 27.9. The van der Waals surface area contributed by atoms with Crippen LogP contribution < -0.4 is 4.80 Å². The molecular formula is C16H20N2O4S. The maximum atomic E-state index is 12.0. The molecule has 0 aliphatic rings. The minimum absolute atomic E-state index is 0.328. The predicted octanol–water partition coefficient (Wildman–Crippen LogP) is 3.57. The minimum atomic E-state index is -0.957. The van der Waals surface area contributed by atoms with Gasteiger partial charge in [-0.3, -0.25) is 0 Å². The lowest BCUT2D eigenvalue weighted by Crippen LogP contribution is -2.29. The van der Waals surface area contributed by atoms with Crippen LogP contribution >= 0.6 is 11.3 Å². The molecule has 2 rings (SSSR count).